The Morgan fingerprint density at radius 3 is 2.69 bits per heavy atom. The molecule has 0 unspecified atom stereocenters. The Hall–Kier alpha value is -3.77. The molecule has 1 fully saturated rings. The molecule has 36 heavy (non-hydrogen) atoms. The molecule has 1 aliphatic heterocycles. The van der Waals surface area contributed by atoms with Gasteiger partial charge in [-0.1, -0.05) is 0 Å². The van der Waals surface area contributed by atoms with Crippen LogP contribution in [0, 0.1) is 0 Å². The first-order valence-electron chi connectivity index (χ1n) is 11.7. The molecule has 2 atom stereocenters. The smallest absolute Gasteiger partial charge is 0.332 e. The van der Waals surface area contributed by atoms with Crippen molar-refractivity contribution in [3.8, 4) is 0 Å². The number of aromatic nitrogens is 6. The maximum absolute atomic E-state index is 13.3. The van der Waals surface area contributed by atoms with E-state index < -0.39 is 22.9 Å². The standard InChI is InChI=1S/C24H29N7O5/c1-24(35)12-29(21(32)15-5-6-17-16(11-15)25-13-30(17)9-10-36-4)8-7-18(24)31-14-26-20-19(31)22(33)28(3)23(34)27(20)2/h5-6,11,13-14,18,35H,7-10,12H2,1-4H3/t18-,24-/m1/s1. The number of carbonyl (C=O) groups is 1. The zero-order chi connectivity index (χ0) is 25.8. The van der Waals surface area contributed by atoms with Gasteiger partial charge in [-0.05, 0) is 31.5 Å². The predicted molar refractivity (Wildman–Crippen MR) is 132 cm³/mol. The summed E-state index contributed by atoms with van der Waals surface area (Å²) in [7, 11) is 4.61. The zero-order valence-electron chi connectivity index (χ0n) is 20.7. The van der Waals surface area contributed by atoms with Gasteiger partial charge in [0.05, 0.1) is 42.9 Å². The lowest BCUT2D eigenvalue weighted by Crippen LogP contribution is -2.54. The molecule has 1 saturated heterocycles. The first-order chi connectivity index (χ1) is 17.1. The molecule has 4 aromatic rings. The lowest BCUT2D eigenvalue weighted by atomic mass is 9.88. The summed E-state index contributed by atoms with van der Waals surface area (Å²) in [6, 6.07) is 4.89. The number of carbonyl (C=O) groups excluding carboxylic acids is 1. The van der Waals surface area contributed by atoms with Crippen molar-refractivity contribution in [2.75, 3.05) is 26.8 Å². The highest BCUT2D eigenvalue weighted by Gasteiger charge is 2.42. The lowest BCUT2D eigenvalue weighted by molar-refractivity contribution is -0.0478. The second-order valence-electron chi connectivity index (χ2n) is 9.55. The van der Waals surface area contributed by atoms with Crippen LogP contribution in [-0.2, 0) is 25.4 Å². The minimum absolute atomic E-state index is 0.0720. The molecule has 12 nitrogen and oxygen atoms in total. The summed E-state index contributed by atoms with van der Waals surface area (Å²) in [5.74, 6) is -0.198. The number of imidazole rings is 2. The molecule has 12 heteroatoms. The molecule has 4 heterocycles. The fourth-order valence-corrected chi connectivity index (χ4v) is 5.12. The van der Waals surface area contributed by atoms with Gasteiger partial charge in [-0.25, -0.2) is 14.8 Å². The van der Waals surface area contributed by atoms with Gasteiger partial charge in [-0.3, -0.25) is 18.7 Å². The number of nitrogens with zero attached hydrogens (tertiary/aromatic N) is 7. The number of amides is 1. The van der Waals surface area contributed by atoms with E-state index in [2.05, 4.69) is 9.97 Å². The van der Waals surface area contributed by atoms with Crippen LogP contribution in [0.2, 0.25) is 0 Å². The SMILES string of the molecule is COCCn1cnc2cc(C(=O)N3CC[C@@H](n4cnc5c4c(=O)n(C)c(=O)n5C)[C@](C)(O)C3)ccc21. The topological polar surface area (TPSA) is 129 Å². The molecule has 1 aromatic carbocycles. The number of benzene rings is 1. The number of likely N-dealkylation sites (tertiary alicyclic amines) is 1. The Morgan fingerprint density at radius 2 is 1.97 bits per heavy atom. The van der Waals surface area contributed by atoms with Crippen LogP contribution in [0.4, 0.5) is 0 Å². The molecule has 190 valence electrons. The Balaban J connectivity index is 1.41. The predicted octanol–water partition coefficient (Wildman–Crippen LogP) is 0.268. The summed E-state index contributed by atoms with van der Waals surface area (Å²) < 4.78 is 11.1. The van der Waals surface area contributed by atoms with Gasteiger partial charge in [0, 0.05) is 39.9 Å². The summed E-state index contributed by atoms with van der Waals surface area (Å²) in [4.78, 5) is 48.8. The number of β-amino-alcohol motifs (C(OH)–C–C–N with tert-alkyl or cyclic N) is 1. The highest BCUT2D eigenvalue weighted by molar-refractivity contribution is 5.97. The van der Waals surface area contributed by atoms with Crippen molar-refractivity contribution in [3.05, 3.63) is 57.3 Å². The summed E-state index contributed by atoms with van der Waals surface area (Å²) in [6.07, 6.45) is 3.61. The molecule has 3 aromatic heterocycles. The van der Waals surface area contributed by atoms with Gasteiger partial charge in [0.2, 0.25) is 0 Å². The summed E-state index contributed by atoms with van der Waals surface area (Å²) >= 11 is 0. The van der Waals surface area contributed by atoms with E-state index in [0.29, 0.717) is 37.2 Å². The third-order valence-corrected chi connectivity index (χ3v) is 7.10. The number of hydrogen-bond donors (Lipinski definition) is 1. The van der Waals surface area contributed by atoms with E-state index >= 15 is 0 Å². The quantitative estimate of drug-likeness (QED) is 0.421. The Labute approximate surface area is 206 Å². The Morgan fingerprint density at radius 1 is 1.19 bits per heavy atom. The minimum Gasteiger partial charge on any atom is -0.386 e. The normalized spacial score (nSPS) is 20.5. The van der Waals surface area contributed by atoms with Crippen LogP contribution in [0.1, 0.15) is 29.7 Å². The van der Waals surface area contributed by atoms with Crippen molar-refractivity contribution in [3.63, 3.8) is 0 Å². The summed E-state index contributed by atoms with van der Waals surface area (Å²) in [5, 5.41) is 11.4. The highest BCUT2D eigenvalue weighted by atomic mass is 16.5. The molecular formula is C24H29N7O5. The number of ether oxygens (including phenoxy) is 1. The fraction of sp³-hybridized carbons (Fsp3) is 0.458. The van der Waals surface area contributed by atoms with Crippen LogP contribution in [0.3, 0.4) is 0 Å². The number of methoxy groups -OCH3 is 1. The molecule has 5 rings (SSSR count). The van der Waals surface area contributed by atoms with Gasteiger partial charge in [-0.2, -0.15) is 0 Å². The van der Waals surface area contributed by atoms with Crippen LogP contribution < -0.4 is 11.2 Å². The molecule has 0 spiro atoms. The van der Waals surface area contributed by atoms with Gasteiger partial charge in [-0.15, -0.1) is 0 Å². The third kappa shape index (κ3) is 3.73. The van der Waals surface area contributed by atoms with Crippen molar-refractivity contribution in [1.82, 2.24) is 33.1 Å². The molecule has 1 amide bonds. The molecule has 0 bridgehead atoms. The minimum atomic E-state index is -1.34. The van der Waals surface area contributed by atoms with E-state index in [1.165, 1.54) is 17.9 Å². The maximum Gasteiger partial charge on any atom is 0.332 e. The number of hydrogen-bond acceptors (Lipinski definition) is 7. The number of aryl methyl sites for hydroxylation is 1. The second-order valence-corrected chi connectivity index (χ2v) is 9.55. The number of fused-ring (bicyclic) bond motifs is 2. The van der Waals surface area contributed by atoms with Crippen LogP contribution >= 0.6 is 0 Å². The number of piperidine rings is 1. The largest absolute Gasteiger partial charge is 0.386 e. The van der Waals surface area contributed by atoms with Crippen LogP contribution in [-0.4, -0.2) is 76.6 Å². The first kappa shape index (κ1) is 23.9. The molecule has 0 radical (unpaired) electrons. The van der Waals surface area contributed by atoms with E-state index in [1.807, 2.05) is 10.6 Å². The molecule has 0 aliphatic carbocycles. The first-order valence-corrected chi connectivity index (χ1v) is 11.7. The van der Waals surface area contributed by atoms with Crippen molar-refractivity contribution < 1.29 is 14.6 Å². The second kappa shape index (κ2) is 8.71. The average molecular weight is 496 g/mol. The monoisotopic (exact) mass is 495 g/mol. The third-order valence-electron chi connectivity index (χ3n) is 7.10. The molecule has 1 aliphatic rings. The van der Waals surface area contributed by atoms with E-state index in [4.69, 9.17) is 4.74 Å². The van der Waals surface area contributed by atoms with Gasteiger partial charge in [0.25, 0.3) is 11.5 Å². The van der Waals surface area contributed by atoms with Gasteiger partial charge in [0.1, 0.15) is 5.60 Å². The Bertz CT molecular complexity index is 1590. The zero-order valence-corrected chi connectivity index (χ0v) is 20.7. The molecule has 1 N–H and O–H groups in total. The lowest BCUT2D eigenvalue weighted by Gasteiger charge is -2.43. The van der Waals surface area contributed by atoms with E-state index in [0.717, 1.165) is 10.1 Å². The number of rotatable bonds is 5. The van der Waals surface area contributed by atoms with Crippen molar-refractivity contribution in [1.29, 1.82) is 0 Å². The van der Waals surface area contributed by atoms with Gasteiger partial charge >= 0.3 is 5.69 Å². The van der Waals surface area contributed by atoms with Crippen LogP contribution in [0.5, 0.6) is 0 Å². The highest BCUT2D eigenvalue weighted by Crippen LogP contribution is 2.34. The van der Waals surface area contributed by atoms with Gasteiger partial charge in [0.15, 0.2) is 11.2 Å². The summed E-state index contributed by atoms with van der Waals surface area (Å²) in [5.41, 5.74) is 0.346. The van der Waals surface area contributed by atoms with Crippen molar-refractivity contribution in [2.24, 2.45) is 14.1 Å². The average Bonchev–Trinajstić information content (AvgIpc) is 3.48. The van der Waals surface area contributed by atoms with E-state index in [-0.39, 0.29) is 23.6 Å². The Kier molecular flexibility index (Phi) is 5.80. The van der Waals surface area contributed by atoms with Crippen LogP contribution in [0.25, 0.3) is 22.2 Å². The van der Waals surface area contributed by atoms with E-state index in [1.54, 1.807) is 49.0 Å². The van der Waals surface area contributed by atoms with Gasteiger partial charge < -0.3 is 23.9 Å². The van der Waals surface area contributed by atoms with E-state index in [9.17, 15) is 19.5 Å². The van der Waals surface area contributed by atoms with Crippen molar-refractivity contribution >= 4 is 28.1 Å². The van der Waals surface area contributed by atoms with Crippen molar-refractivity contribution in [2.45, 2.75) is 31.5 Å². The molecular weight excluding hydrogens is 466 g/mol. The summed E-state index contributed by atoms with van der Waals surface area (Å²) in [6.45, 7) is 3.33. The van der Waals surface area contributed by atoms with Crippen LogP contribution in [0.15, 0.2) is 40.4 Å². The fourth-order valence-electron chi connectivity index (χ4n) is 5.12. The maximum atomic E-state index is 13.3. The molecule has 0 saturated carbocycles. The number of aliphatic hydroxyl groups is 1.